The third-order valence-electron chi connectivity index (χ3n) is 4.87. The normalized spacial score (nSPS) is 11.4. The van der Waals surface area contributed by atoms with Crippen LogP contribution in [0.15, 0.2) is 57.3 Å². The van der Waals surface area contributed by atoms with E-state index in [1.165, 1.54) is 17.6 Å². The van der Waals surface area contributed by atoms with Crippen molar-refractivity contribution in [3.8, 4) is 27.6 Å². The smallest absolute Gasteiger partial charge is 0.202 e. The first-order valence-corrected chi connectivity index (χ1v) is 10.3. The molecule has 4 rings (SSSR count). The number of phenols is 1. The maximum Gasteiger partial charge on any atom is 0.202 e. The molecule has 0 atom stereocenters. The average Bonchev–Trinajstić information content (AvgIpc) is 3.20. The maximum absolute atomic E-state index is 13.3. The van der Waals surface area contributed by atoms with E-state index < -0.39 is 0 Å². The molecule has 0 radical (unpaired) electrons. The summed E-state index contributed by atoms with van der Waals surface area (Å²) in [4.78, 5) is 19.9. The minimum atomic E-state index is -0.133. The van der Waals surface area contributed by atoms with Gasteiger partial charge < -0.3 is 14.4 Å². The van der Waals surface area contributed by atoms with Gasteiger partial charge in [0.1, 0.15) is 22.6 Å². The van der Waals surface area contributed by atoms with Crippen LogP contribution in [-0.2, 0) is 13.0 Å². The van der Waals surface area contributed by atoms with Crippen molar-refractivity contribution < 1.29 is 9.52 Å². The molecular formula is C23H22N2O3S. The van der Waals surface area contributed by atoms with Gasteiger partial charge in [-0.15, -0.1) is 11.3 Å². The molecule has 0 bridgehead atoms. The molecule has 2 aromatic heterocycles. The van der Waals surface area contributed by atoms with Crippen LogP contribution in [0.3, 0.4) is 0 Å². The van der Waals surface area contributed by atoms with Crippen LogP contribution in [0.5, 0.6) is 5.75 Å². The molecule has 0 amide bonds. The summed E-state index contributed by atoms with van der Waals surface area (Å²) in [6.45, 7) is 2.44. The highest BCUT2D eigenvalue weighted by atomic mass is 32.1. The lowest BCUT2D eigenvalue weighted by molar-refractivity contribution is 0.382. The Balaban J connectivity index is 1.88. The SMILES string of the molecule is CCc1cc2c(=O)c(-c3csc(-c4ccccc4)n3)coc2c(CN(C)C)c1O. The quantitative estimate of drug-likeness (QED) is 0.510. The highest BCUT2D eigenvalue weighted by molar-refractivity contribution is 7.13. The fraction of sp³-hybridized carbons (Fsp3) is 0.217. The second-order valence-electron chi connectivity index (χ2n) is 7.21. The summed E-state index contributed by atoms with van der Waals surface area (Å²) in [5, 5.41) is 13.9. The Hall–Kier alpha value is -2.96. The number of fused-ring (bicyclic) bond motifs is 1. The number of aromatic nitrogens is 1. The number of nitrogens with zero attached hydrogens (tertiary/aromatic N) is 2. The third-order valence-corrected chi connectivity index (χ3v) is 5.76. The number of aromatic hydroxyl groups is 1. The molecule has 0 saturated heterocycles. The number of hydrogen-bond acceptors (Lipinski definition) is 6. The molecule has 0 spiro atoms. The van der Waals surface area contributed by atoms with Crippen molar-refractivity contribution in [1.29, 1.82) is 0 Å². The van der Waals surface area contributed by atoms with Crippen molar-refractivity contribution in [3.63, 3.8) is 0 Å². The lowest BCUT2D eigenvalue weighted by atomic mass is 10.0. The first-order chi connectivity index (χ1) is 14.0. The molecule has 2 heterocycles. The van der Waals surface area contributed by atoms with Gasteiger partial charge in [-0.1, -0.05) is 37.3 Å². The predicted molar refractivity (Wildman–Crippen MR) is 117 cm³/mol. The van der Waals surface area contributed by atoms with E-state index in [0.717, 1.165) is 16.1 Å². The van der Waals surface area contributed by atoms with Crippen molar-refractivity contribution in [2.24, 2.45) is 0 Å². The summed E-state index contributed by atoms with van der Waals surface area (Å²) in [7, 11) is 3.83. The van der Waals surface area contributed by atoms with E-state index in [-0.39, 0.29) is 11.2 Å². The van der Waals surface area contributed by atoms with Gasteiger partial charge in [0, 0.05) is 17.5 Å². The standard InChI is InChI=1S/C23H22N2O3S/c1-4-14-10-16-21(27)18(12-28-22(16)17(20(14)26)11-25(2)3)19-13-29-23(24-19)15-8-6-5-7-9-15/h5-10,12-13,26H,4,11H2,1-3H3. The summed E-state index contributed by atoms with van der Waals surface area (Å²) in [5.41, 5.74) is 3.72. The summed E-state index contributed by atoms with van der Waals surface area (Å²) >= 11 is 1.49. The molecule has 2 aromatic carbocycles. The first kappa shape index (κ1) is 19.4. The molecule has 0 saturated carbocycles. The lowest BCUT2D eigenvalue weighted by Crippen LogP contribution is -2.13. The molecule has 6 heteroatoms. The van der Waals surface area contributed by atoms with E-state index in [9.17, 15) is 9.90 Å². The van der Waals surface area contributed by atoms with Crippen molar-refractivity contribution in [3.05, 3.63) is 69.4 Å². The molecule has 0 aliphatic heterocycles. The number of thiazole rings is 1. The molecule has 29 heavy (non-hydrogen) atoms. The lowest BCUT2D eigenvalue weighted by Gasteiger charge is -2.15. The van der Waals surface area contributed by atoms with Gasteiger partial charge in [0.2, 0.25) is 5.43 Å². The summed E-state index contributed by atoms with van der Waals surface area (Å²) in [6, 6.07) is 11.6. The van der Waals surface area contributed by atoms with Gasteiger partial charge in [-0.05, 0) is 32.1 Å². The van der Waals surface area contributed by atoms with Gasteiger partial charge in [-0.3, -0.25) is 4.79 Å². The van der Waals surface area contributed by atoms with E-state index in [0.29, 0.717) is 40.8 Å². The van der Waals surface area contributed by atoms with Crippen molar-refractivity contribution >= 4 is 22.3 Å². The number of aryl methyl sites for hydroxylation is 1. The van der Waals surface area contributed by atoms with Crippen molar-refractivity contribution in [1.82, 2.24) is 9.88 Å². The van der Waals surface area contributed by atoms with Crippen molar-refractivity contribution in [2.75, 3.05) is 14.1 Å². The van der Waals surface area contributed by atoms with Gasteiger partial charge >= 0.3 is 0 Å². The van der Waals surface area contributed by atoms with E-state index >= 15 is 0 Å². The maximum atomic E-state index is 13.3. The molecule has 0 aliphatic carbocycles. The summed E-state index contributed by atoms with van der Waals surface area (Å²) in [6.07, 6.45) is 2.08. The third kappa shape index (κ3) is 3.57. The van der Waals surface area contributed by atoms with Crippen LogP contribution in [0.25, 0.3) is 32.8 Å². The number of hydrogen-bond donors (Lipinski definition) is 1. The van der Waals surface area contributed by atoms with Crippen molar-refractivity contribution in [2.45, 2.75) is 19.9 Å². The zero-order valence-electron chi connectivity index (χ0n) is 16.6. The Morgan fingerprint density at radius 1 is 1.21 bits per heavy atom. The molecule has 1 N–H and O–H groups in total. The molecular weight excluding hydrogens is 384 g/mol. The van der Waals surface area contributed by atoms with Gasteiger partial charge in [0.05, 0.1) is 22.2 Å². The number of benzene rings is 2. The fourth-order valence-corrected chi connectivity index (χ4v) is 4.24. The Morgan fingerprint density at radius 2 is 1.97 bits per heavy atom. The van der Waals surface area contributed by atoms with Crippen LogP contribution >= 0.6 is 11.3 Å². The van der Waals surface area contributed by atoms with Crippen LogP contribution < -0.4 is 5.43 Å². The molecule has 148 valence electrons. The van der Waals surface area contributed by atoms with Gasteiger partial charge in [-0.25, -0.2) is 4.98 Å². The zero-order chi connectivity index (χ0) is 20.5. The molecule has 4 aromatic rings. The second kappa shape index (κ2) is 7.81. The van der Waals surface area contributed by atoms with Gasteiger partial charge in [-0.2, -0.15) is 0 Å². The second-order valence-corrected chi connectivity index (χ2v) is 8.07. The Kier molecular flexibility index (Phi) is 5.22. The molecule has 0 aliphatic rings. The van der Waals surface area contributed by atoms with E-state index in [1.807, 2.05) is 61.6 Å². The molecule has 0 unspecified atom stereocenters. The highest BCUT2D eigenvalue weighted by Crippen LogP contribution is 2.33. The zero-order valence-corrected chi connectivity index (χ0v) is 17.4. The van der Waals surface area contributed by atoms with Crippen LogP contribution in [0.4, 0.5) is 0 Å². The summed E-state index contributed by atoms with van der Waals surface area (Å²) < 4.78 is 5.88. The minimum absolute atomic E-state index is 0.133. The fourth-order valence-electron chi connectivity index (χ4n) is 3.41. The van der Waals surface area contributed by atoms with Crippen LogP contribution in [0, 0.1) is 0 Å². The topological polar surface area (TPSA) is 66.6 Å². The van der Waals surface area contributed by atoms with Crippen LogP contribution in [-0.4, -0.2) is 29.1 Å². The highest BCUT2D eigenvalue weighted by Gasteiger charge is 2.19. The largest absolute Gasteiger partial charge is 0.507 e. The number of rotatable bonds is 5. The Labute approximate surface area is 172 Å². The number of phenolic OH excluding ortho intramolecular Hbond substituents is 1. The summed E-state index contributed by atoms with van der Waals surface area (Å²) in [5.74, 6) is 0.199. The van der Waals surface area contributed by atoms with Gasteiger partial charge in [0.15, 0.2) is 0 Å². The minimum Gasteiger partial charge on any atom is -0.507 e. The van der Waals surface area contributed by atoms with Gasteiger partial charge in [0.25, 0.3) is 0 Å². The van der Waals surface area contributed by atoms with E-state index in [2.05, 4.69) is 4.98 Å². The first-order valence-electron chi connectivity index (χ1n) is 9.44. The van der Waals surface area contributed by atoms with E-state index in [1.54, 1.807) is 6.07 Å². The molecule has 5 nitrogen and oxygen atoms in total. The predicted octanol–water partition coefficient (Wildman–Crippen LogP) is 4.91. The van der Waals surface area contributed by atoms with Crippen LogP contribution in [0.1, 0.15) is 18.1 Å². The monoisotopic (exact) mass is 406 g/mol. The van der Waals surface area contributed by atoms with E-state index in [4.69, 9.17) is 4.42 Å². The average molecular weight is 407 g/mol. The molecule has 0 fully saturated rings. The van der Waals surface area contributed by atoms with Crippen LogP contribution in [0.2, 0.25) is 0 Å². The Morgan fingerprint density at radius 3 is 2.66 bits per heavy atom. The Bertz CT molecular complexity index is 1230.